The summed E-state index contributed by atoms with van der Waals surface area (Å²) in [7, 11) is -3.55. The van der Waals surface area contributed by atoms with Gasteiger partial charge in [0, 0.05) is 11.6 Å². The molecule has 0 saturated carbocycles. The average Bonchev–Trinajstić information content (AvgIpc) is 2.39. The van der Waals surface area contributed by atoms with Crippen molar-refractivity contribution in [2.75, 3.05) is 0 Å². The first-order valence-corrected chi connectivity index (χ1v) is 7.76. The lowest BCUT2D eigenvalue weighted by atomic mass is 10.0. The molecule has 4 nitrogen and oxygen atoms in total. The van der Waals surface area contributed by atoms with Crippen LogP contribution in [0.3, 0.4) is 0 Å². The van der Waals surface area contributed by atoms with E-state index in [1.165, 1.54) is 19.1 Å². The van der Waals surface area contributed by atoms with Gasteiger partial charge in [0.25, 0.3) is 0 Å². The Bertz CT molecular complexity index is 605. The molecule has 19 heavy (non-hydrogen) atoms. The molecule has 1 unspecified atom stereocenters. The van der Waals surface area contributed by atoms with Gasteiger partial charge < -0.3 is 0 Å². The van der Waals surface area contributed by atoms with Crippen molar-refractivity contribution >= 4 is 15.8 Å². The molecule has 2 rings (SSSR count). The number of carbonyl (C=O) groups excluding carboxylic acids is 1. The zero-order valence-corrected chi connectivity index (χ0v) is 11.6. The Morgan fingerprint density at radius 2 is 2.11 bits per heavy atom. The predicted molar refractivity (Wildman–Crippen MR) is 73.5 cm³/mol. The lowest BCUT2D eigenvalue weighted by Crippen LogP contribution is -2.35. The topological polar surface area (TPSA) is 63.2 Å². The van der Waals surface area contributed by atoms with Crippen LogP contribution in [0.5, 0.6) is 0 Å². The smallest absolute Gasteiger partial charge is 0.240 e. The van der Waals surface area contributed by atoms with E-state index >= 15 is 0 Å². The van der Waals surface area contributed by atoms with Crippen LogP contribution in [0, 0.1) is 0 Å². The van der Waals surface area contributed by atoms with Crippen LogP contribution in [0.1, 0.15) is 36.5 Å². The lowest BCUT2D eigenvalue weighted by molar-refractivity contribution is 0.101. The van der Waals surface area contributed by atoms with Crippen molar-refractivity contribution in [2.24, 2.45) is 0 Å². The second-order valence-corrected chi connectivity index (χ2v) is 6.40. The number of ketones is 1. The molecule has 0 aromatic heterocycles. The molecule has 1 N–H and O–H groups in total. The van der Waals surface area contributed by atoms with Crippen LogP contribution >= 0.6 is 0 Å². The van der Waals surface area contributed by atoms with Crippen LogP contribution in [0.15, 0.2) is 41.3 Å². The first-order chi connectivity index (χ1) is 8.99. The van der Waals surface area contributed by atoms with Crippen molar-refractivity contribution in [3.05, 3.63) is 42.0 Å². The fourth-order valence-corrected chi connectivity index (χ4v) is 3.40. The van der Waals surface area contributed by atoms with Gasteiger partial charge in [-0.2, -0.15) is 0 Å². The van der Waals surface area contributed by atoms with Crippen LogP contribution in [-0.4, -0.2) is 20.2 Å². The van der Waals surface area contributed by atoms with Crippen molar-refractivity contribution in [3.63, 3.8) is 0 Å². The zero-order chi connectivity index (χ0) is 13.9. The summed E-state index contributed by atoms with van der Waals surface area (Å²) in [6.07, 6.45) is 6.46. The Hall–Kier alpha value is -1.46. The molecule has 102 valence electrons. The number of rotatable bonds is 4. The average molecular weight is 279 g/mol. The van der Waals surface area contributed by atoms with Crippen LogP contribution in [-0.2, 0) is 10.0 Å². The number of hydrogen-bond donors (Lipinski definition) is 1. The maximum atomic E-state index is 12.2. The number of Topliss-reactive ketones (excluding diaryl/α,β-unsaturated/α-hetero) is 1. The molecule has 0 bridgehead atoms. The molecule has 5 heteroatoms. The summed E-state index contributed by atoms with van der Waals surface area (Å²) in [4.78, 5) is 11.4. The van der Waals surface area contributed by atoms with Gasteiger partial charge in [0.15, 0.2) is 5.78 Å². The third-order valence-corrected chi connectivity index (χ3v) is 4.66. The third kappa shape index (κ3) is 3.52. The number of sulfonamides is 1. The van der Waals surface area contributed by atoms with E-state index < -0.39 is 10.0 Å². The molecule has 0 radical (unpaired) electrons. The molecular formula is C14H17NO3S. The minimum atomic E-state index is -3.55. The minimum Gasteiger partial charge on any atom is -0.295 e. The molecule has 1 aliphatic rings. The van der Waals surface area contributed by atoms with Gasteiger partial charge in [0.05, 0.1) is 4.90 Å². The summed E-state index contributed by atoms with van der Waals surface area (Å²) in [6.45, 7) is 1.42. The zero-order valence-electron chi connectivity index (χ0n) is 10.8. The number of nitrogens with one attached hydrogen (secondary N) is 1. The molecule has 0 saturated heterocycles. The summed E-state index contributed by atoms with van der Waals surface area (Å²) >= 11 is 0. The lowest BCUT2D eigenvalue weighted by Gasteiger charge is -2.19. The van der Waals surface area contributed by atoms with E-state index in [1.807, 2.05) is 6.08 Å². The third-order valence-electron chi connectivity index (χ3n) is 3.14. The highest BCUT2D eigenvalue weighted by molar-refractivity contribution is 7.89. The Labute approximate surface area is 113 Å². The molecule has 1 atom stereocenters. The van der Waals surface area contributed by atoms with Gasteiger partial charge in [-0.3, -0.25) is 4.79 Å². The van der Waals surface area contributed by atoms with Crippen LogP contribution in [0.25, 0.3) is 0 Å². The van der Waals surface area contributed by atoms with E-state index in [-0.39, 0.29) is 16.7 Å². The summed E-state index contributed by atoms with van der Waals surface area (Å²) < 4.78 is 27.1. The van der Waals surface area contributed by atoms with Gasteiger partial charge in [-0.15, -0.1) is 0 Å². The van der Waals surface area contributed by atoms with Gasteiger partial charge in [0.2, 0.25) is 10.0 Å². The molecule has 0 heterocycles. The van der Waals surface area contributed by atoms with Crippen LogP contribution < -0.4 is 4.72 Å². The van der Waals surface area contributed by atoms with Crippen molar-refractivity contribution in [3.8, 4) is 0 Å². The van der Waals surface area contributed by atoms with E-state index in [2.05, 4.69) is 10.8 Å². The number of carbonyl (C=O) groups is 1. The summed E-state index contributed by atoms with van der Waals surface area (Å²) in [6, 6.07) is 6.07. The standard InChI is InChI=1S/C14H17NO3S/c1-11(16)12-6-5-9-14(10-12)19(17,18)15-13-7-3-2-4-8-13/h2-3,5-6,9-10,13,15H,4,7-8H2,1H3. The highest BCUT2D eigenvalue weighted by atomic mass is 32.2. The Kier molecular flexibility index (Phi) is 4.17. The monoisotopic (exact) mass is 279 g/mol. The molecular weight excluding hydrogens is 262 g/mol. The van der Waals surface area contributed by atoms with Crippen LogP contribution in [0.4, 0.5) is 0 Å². The molecule has 1 aliphatic carbocycles. The Morgan fingerprint density at radius 3 is 2.74 bits per heavy atom. The Morgan fingerprint density at radius 1 is 1.32 bits per heavy atom. The van der Waals surface area contributed by atoms with Crippen molar-refractivity contribution in [1.82, 2.24) is 4.72 Å². The molecule has 1 aromatic rings. The number of hydrogen-bond acceptors (Lipinski definition) is 3. The highest BCUT2D eigenvalue weighted by Crippen LogP contribution is 2.16. The van der Waals surface area contributed by atoms with E-state index in [9.17, 15) is 13.2 Å². The summed E-state index contributed by atoms with van der Waals surface area (Å²) in [5, 5.41) is 0. The fraction of sp³-hybridized carbons (Fsp3) is 0.357. The van der Waals surface area contributed by atoms with Crippen LogP contribution in [0.2, 0.25) is 0 Å². The van der Waals surface area contributed by atoms with Gasteiger partial charge in [-0.05, 0) is 38.3 Å². The summed E-state index contributed by atoms with van der Waals surface area (Å²) in [5.41, 5.74) is 0.409. The minimum absolute atomic E-state index is 0.0593. The maximum absolute atomic E-state index is 12.2. The molecule has 0 amide bonds. The van der Waals surface area contributed by atoms with E-state index in [0.29, 0.717) is 12.0 Å². The van der Waals surface area contributed by atoms with E-state index in [0.717, 1.165) is 12.8 Å². The second-order valence-electron chi connectivity index (χ2n) is 4.69. The van der Waals surface area contributed by atoms with E-state index in [1.54, 1.807) is 12.1 Å². The van der Waals surface area contributed by atoms with Gasteiger partial charge in [0.1, 0.15) is 0 Å². The first-order valence-electron chi connectivity index (χ1n) is 6.27. The predicted octanol–water partition coefficient (Wildman–Crippen LogP) is 2.28. The number of allylic oxidation sites excluding steroid dienone is 1. The van der Waals surface area contributed by atoms with Crippen molar-refractivity contribution in [2.45, 2.75) is 37.1 Å². The van der Waals surface area contributed by atoms with Crippen molar-refractivity contribution < 1.29 is 13.2 Å². The first kappa shape index (κ1) is 14.0. The normalized spacial score (nSPS) is 19.3. The molecule has 0 fully saturated rings. The SMILES string of the molecule is CC(=O)c1cccc(S(=O)(=O)NC2CC=CCC2)c1. The largest absolute Gasteiger partial charge is 0.295 e. The van der Waals surface area contributed by atoms with Gasteiger partial charge >= 0.3 is 0 Å². The highest BCUT2D eigenvalue weighted by Gasteiger charge is 2.20. The van der Waals surface area contributed by atoms with Gasteiger partial charge in [-0.25, -0.2) is 13.1 Å². The number of benzene rings is 1. The molecule has 1 aromatic carbocycles. The fourth-order valence-electron chi connectivity index (χ4n) is 2.07. The second kappa shape index (κ2) is 5.67. The van der Waals surface area contributed by atoms with Crippen molar-refractivity contribution in [1.29, 1.82) is 0 Å². The quantitative estimate of drug-likeness (QED) is 0.679. The Balaban J connectivity index is 2.21. The maximum Gasteiger partial charge on any atom is 0.240 e. The molecule has 0 aliphatic heterocycles. The molecule has 0 spiro atoms. The van der Waals surface area contributed by atoms with Gasteiger partial charge in [-0.1, -0.05) is 24.3 Å². The summed E-state index contributed by atoms with van der Waals surface area (Å²) in [5.74, 6) is -0.141. The van der Waals surface area contributed by atoms with E-state index in [4.69, 9.17) is 0 Å².